The van der Waals surface area contributed by atoms with Crippen molar-refractivity contribution in [1.82, 2.24) is 10.2 Å². The van der Waals surface area contributed by atoms with E-state index in [0.717, 1.165) is 25.2 Å². The van der Waals surface area contributed by atoms with Crippen LogP contribution >= 0.6 is 0 Å². The van der Waals surface area contributed by atoms with Crippen molar-refractivity contribution in [3.8, 4) is 0 Å². The van der Waals surface area contributed by atoms with Crippen molar-refractivity contribution in [3.63, 3.8) is 0 Å². The van der Waals surface area contributed by atoms with Crippen molar-refractivity contribution < 1.29 is 4.74 Å². The van der Waals surface area contributed by atoms with Crippen LogP contribution in [0.1, 0.15) is 39.5 Å². The molecule has 98 valence electrons. The van der Waals surface area contributed by atoms with Crippen molar-refractivity contribution in [2.45, 2.75) is 51.6 Å². The first-order valence-electron chi connectivity index (χ1n) is 6.64. The second-order valence-electron chi connectivity index (χ2n) is 4.27. The van der Waals surface area contributed by atoms with E-state index >= 15 is 0 Å². The highest BCUT2D eigenvalue weighted by Gasteiger charge is 2.22. The maximum atomic E-state index is 5.09. The highest BCUT2D eigenvalue weighted by atomic mass is 16.5. The fourth-order valence-corrected chi connectivity index (χ4v) is 2.22. The summed E-state index contributed by atoms with van der Waals surface area (Å²) in [6.07, 6.45) is 5.29. The molecule has 1 fully saturated rings. The number of hydrogen-bond acceptors (Lipinski definition) is 3. The van der Waals surface area contributed by atoms with Crippen LogP contribution in [0.2, 0.25) is 0 Å². The SMILES string of the molecule is CC.CNC1CCC(N(C)CCOC)CC1. The number of nitrogens with zero attached hydrogens (tertiary/aromatic N) is 1. The van der Waals surface area contributed by atoms with Crippen LogP contribution in [0.15, 0.2) is 0 Å². The van der Waals surface area contributed by atoms with Crippen LogP contribution in [0.25, 0.3) is 0 Å². The van der Waals surface area contributed by atoms with Crippen LogP contribution in [0.3, 0.4) is 0 Å². The number of nitrogens with one attached hydrogen (secondary N) is 1. The number of ether oxygens (including phenoxy) is 1. The van der Waals surface area contributed by atoms with Crippen molar-refractivity contribution in [2.75, 3.05) is 34.4 Å². The molecule has 16 heavy (non-hydrogen) atoms. The van der Waals surface area contributed by atoms with Crippen LogP contribution in [0, 0.1) is 0 Å². The summed E-state index contributed by atoms with van der Waals surface area (Å²) in [4.78, 5) is 2.44. The van der Waals surface area contributed by atoms with E-state index < -0.39 is 0 Å². The molecule has 1 aliphatic carbocycles. The lowest BCUT2D eigenvalue weighted by molar-refractivity contribution is 0.118. The van der Waals surface area contributed by atoms with Gasteiger partial charge in [0.1, 0.15) is 0 Å². The quantitative estimate of drug-likeness (QED) is 0.783. The van der Waals surface area contributed by atoms with Gasteiger partial charge in [-0.3, -0.25) is 0 Å². The Hall–Kier alpha value is -0.120. The lowest BCUT2D eigenvalue weighted by Gasteiger charge is -2.34. The molecule has 1 saturated carbocycles. The third-order valence-corrected chi connectivity index (χ3v) is 3.38. The van der Waals surface area contributed by atoms with Crippen LogP contribution in [0.5, 0.6) is 0 Å². The molecule has 1 N–H and O–H groups in total. The number of methoxy groups -OCH3 is 1. The Bertz CT molecular complexity index is 145. The maximum absolute atomic E-state index is 5.09. The average molecular weight is 230 g/mol. The second kappa shape index (κ2) is 10.1. The van der Waals surface area contributed by atoms with Gasteiger partial charge in [-0.2, -0.15) is 0 Å². The molecule has 0 amide bonds. The first-order chi connectivity index (χ1) is 7.77. The van der Waals surface area contributed by atoms with Gasteiger partial charge in [0.25, 0.3) is 0 Å². The van der Waals surface area contributed by atoms with Gasteiger partial charge in [0.15, 0.2) is 0 Å². The molecule has 0 aromatic carbocycles. The van der Waals surface area contributed by atoms with Gasteiger partial charge in [0.2, 0.25) is 0 Å². The normalized spacial score (nSPS) is 25.1. The fourth-order valence-electron chi connectivity index (χ4n) is 2.22. The summed E-state index contributed by atoms with van der Waals surface area (Å²) in [5.41, 5.74) is 0. The van der Waals surface area contributed by atoms with Gasteiger partial charge in [-0.05, 0) is 39.8 Å². The zero-order valence-electron chi connectivity index (χ0n) is 11.8. The minimum atomic E-state index is 0.752. The molecular weight excluding hydrogens is 200 g/mol. The van der Waals surface area contributed by atoms with E-state index in [4.69, 9.17) is 4.74 Å². The van der Waals surface area contributed by atoms with Gasteiger partial charge >= 0.3 is 0 Å². The van der Waals surface area contributed by atoms with Gasteiger partial charge < -0.3 is 15.0 Å². The highest BCUT2D eigenvalue weighted by molar-refractivity contribution is 4.80. The zero-order chi connectivity index (χ0) is 12.4. The standard InChI is InChI=1S/C11H24N2O.C2H6/c1-12-10-4-6-11(7-5-10)13(2)8-9-14-3;1-2/h10-12H,4-9H2,1-3H3;1-2H3. The van der Waals surface area contributed by atoms with Gasteiger partial charge in [-0.25, -0.2) is 0 Å². The lowest BCUT2D eigenvalue weighted by atomic mass is 9.90. The van der Waals surface area contributed by atoms with Gasteiger partial charge in [0, 0.05) is 25.7 Å². The molecule has 3 heteroatoms. The third kappa shape index (κ3) is 5.83. The Morgan fingerprint density at radius 2 is 1.75 bits per heavy atom. The zero-order valence-corrected chi connectivity index (χ0v) is 11.8. The minimum Gasteiger partial charge on any atom is -0.383 e. The summed E-state index contributed by atoms with van der Waals surface area (Å²) >= 11 is 0. The Morgan fingerprint density at radius 3 is 2.19 bits per heavy atom. The molecule has 0 aliphatic heterocycles. The molecule has 0 spiro atoms. The largest absolute Gasteiger partial charge is 0.383 e. The third-order valence-electron chi connectivity index (χ3n) is 3.38. The summed E-state index contributed by atoms with van der Waals surface area (Å²) in [6, 6.07) is 1.52. The summed E-state index contributed by atoms with van der Waals surface area (Å²) in [7, 11) is 6.05. The summed E-state index contributed by atoms with van der Waals surface area (Å²) in [5, 5.41) is 3.36. The highest BCUT2D eigenvalue weighted by Crippen LogP contribution is 2.21. The van der Waals surface area contributed by atoms with E-state index in [9.17, 15) is 0 Å². The Morgan fingerprint density at radius 1 is 1.19 bits per heavy atom. The van der Waals surface area contributed by atoms with Gasteiger partial charge in [0.05, 0.1) is 6.61 Å². The second-order valence-corrected chi connectivity index (χ2v) is 4.27. The lowest BCUT2D eigenvalue weighted by Crippen LogP contribution is -2.40. The fraction of sp³-hybridized carbons (Fsp3) is 1.00. The van der Waals surface area contributed by atoms with E-state index in [1.807, 2.05) is 13.8 Å². The number of likely N-dealkylation sites (N-methyl/N-ethyl adjacent to an activating group) is 1. The predicted molar refractivity (Wildman–Crippen MR) is 71.0 cm³/mol. The topological polar surface area (TPSA) is 24.5 Å². The Labute approximate surface area is 102 Å². The molecule has 1 rings (SSSR count). The van der Waals surface area contributed by atoms with Crippen LogP contribution in [-0.2, 0) is 4.74 Å². The average Bonchev–Trinajstić information content (AvgIpc) is 2.38. The van der Waals surface area contributed by atoms with E-state index in [1.54, 1.807) is 7.11 Å². The Balaban J connectivity index is 0.00000106. The molecular formula is C13H30N2O. The van der Waals surface area contributed by atoms with Crippen LogP contribution in [-0.4, -0.2) is 51.3 Å². The molecule has 0 saturated heterocycles. The molecule has 0 aromatic rings. The van der Waals surface area contributed by atoms with Gasteiger partial charge in [-0.1, -0.05) is 13.8 Å². The molecule has 0 radical (unpaired) electrons. The summed E-state index contributed by atoms with van der Waals surface area (Å²) in [6.45, 7) is 5.91. The smallest absolute Gasteiger partial charge is 0.0589 e. The van der Waals surface area contributed by atoms with E-state index in [0.29, 0.717) is 0 Å². The first kappa shape index (κ1) is 15.9. The summed E-state index contributed by atoms with van der Waals surface area (Å²) < 4.78 is 5.09. The van der Waals surface area contributed by atoms with Crippen LogP contribution in [0.4, 0.5) is 0 Å². The molecule has 0 bridgehead atoms. The van der Waals surface area contributed by atoms with E-state index in [2.05, 4.69) is 24.3 Å². The maximum Gasteiger partial charge on any atom is 0.0589 e. The van der Waals surface area contributed by atoms with E-state index in [-0.39, 0.29) is 0 Å². The molecule has 0 unspecified atom stereocenters. The van der Waals surface area contributed by atoms with Crippen molar-refractivity contribution in [1.29, 1.82) is 0 Å². The number of rotatable bonds is 5. The van der Waals surface area contributed by atoms with Crippen molar-refractivity contribution >= 4 is 0 Å². The monoisotopic (exact) mass is 230 g/mol. The van der Waals surface area contributed by atoms with Gasteiger partial charge in [-0.15, -0.1) is 0 Å². The van der Waals surface area contributed by atoms with Crippen LogP contribution < -0.4 is 5.32 Å². The molecule has 0 atom stereocenters. The molecule has 3 nitrogen and oxygen atoms in total. The van der Waals surface area contributed by atoms with E-state index in [1.165, 1.54) is 25.7 Å². The molecule has 1 aliphatic rings. The van der Waals surface area contributed by atoms with Crippen molar-refractivity contribution in [2.24, 2.45) is 0 Å². The molecule has 0 aromatic heterocycles. The van der Waals surface area contributed by atoms with Crippen molar-refractivity contribution in [3.05, 3.63) is 0 Å². The summed E-state index contributed by atoms with van der Waals surface area (Å²) in [5.74, 6) is 0. The number of hydrogen-bond donors (Lipinski definition) is 1. The Kier molecular flexibility index (Phi) is 9.99. The molecule has 0 heterocycles. The first-order valence-corrected chi connectivity index (χ1v) is 6.64. The minimum absolute atomic E-state index is 0.752. The predicted octanol–water partition coefficient (Wildman–Crippen LogP) is 2.12.